The molecule has 1 fully saturated rings. The molecule has 3 aromatic rings. The number of rotatable bonds is 6. The quantitative estimate of drug-likeness (QED) is 0.414. The van der Waals surface area contributed by atoms with Gasteiger partial charge in [0.1, 0.15) is 17.4 Å². The lowest BCUT2D eigenvalue weighted by molar-refractivity contribution is 0.0628. The highest BCUT2D eigenvalue weighted by molar-refractivity contribution is 6.42. The summed E-state index contributed by atoms with van der Waals surface area (Å²) in [6, 6.07) is 20.7. The van der Waals surface area contributed by atoms with Crippen LogP contribution in [-0.4, -0.2) is 41.9 Å². The zero-order valence-corrected chi connectivity index (χ0v) is 19.7. The molecular formula is C25H23Cl3N2O2. The van der Waals surface area contributed by atoms with Crippen LogP contribution < -0.4 is 4.74 Å². The van der Waals surface area contributed by atoms with Gasteiger partial charge in [0.05, 0.1) is 5.02 Å². The van der Waals surface area contributed by atoms with E-state index in [1.54, 1.807) is 18.2 Å². The van der Waals surface area contributed by atoms with Crippen LogP contribution in [0.3, 0.4) is 0 Å². The Morgan fingerprint density at radius 1 is 0.844 bits per heavy atom. The van der Waals surface area contributed by atoms with E-state index < -0.39 is 0 Å². The number of ether oxygens (including phenoxy) is 1. The molecule has 0 N–H and O–H groups in total. The first-order valence-electron chi connectivity index (χ1n) is 10.4. The van der Waals surface area contributed by atoms with Gasteiger partial charge in [-0.3, -0.25) is 9.69 Å². The van der Waals surface area contributed by atoms with Gasteiger partial charge in [-0.05, 0) is 47.5 Å². The Kier molecular flexibility index (Phi) is 7.59. The molecule has 0 aromatic heterocycles. The molecule has 0 aliphatic carbocycles. The molecule has 0 bridgehead atoms. The Balaban J connectivity index is 1.33. The van der Waals surface area contributed by atoms with E-state index in [9.17, 15) is 4.79 Å². The topological polar surface area (TPSA) is 32.8 Å². The summed E-state index contributed by atoms with van der Waals surface area (Å²) in [5, 5.41) is 1.58. The third-order valence-electron chi connectivity index (χ3n) is 5.44. The molecule has 1 saturated heterocycles. The fraction of sp³-hybridized carbons (Fsp3) is 0.240. The van der Waals surface area contributed by atoms with Gasteiger partial charge < -0.3 is 9.64 Å². The van der Waals surface area contributed by atoms with Crippen LogP contribution in [0.15, 0.2) is 66.7 Å². The van der Waals surface area contributed by atoms with Crippen LogP contribution in [0.1, 0.15) is 21.5 Å². The van der Waals surface area contributed by atoms with E-state index in [2.05, 4.69) is 11.0 Å². The number of benzene rings is 3. The molecule has 0 atom stereocenters. The smallest absolute Gasteiger partial charge is 0.253 e. The lowest BCUT2D eigenvalue weighted by atomic mass is 10.1. The fourth-order valence-corrected chi connectivity index (χ4v) is 4.30. The number of halogens is 3. The summed E-state index contributed by atoms with van der Waals surface area (Å²) < 4.78 is 5.81. The number of nitrogens with zero attached hydrogens (tertiary/aromatic N) is 2. The van der Waals surface area contributed by atoms with Crippen molar-refractivity contribution in [2.45, 2.75) is 13.2 Å². The number of carbonyl (C=O) groups excluding carboxylic acids is 1. The molecule has 7 heteroatoms. The number of piperazine rings is 1. The van der Waals surface area contributed by atoms with E-state index in [0.717, 1.165) is 30.2 Å². The van der Waals surface area contributed by atoms with Crippen molar-refractivity contribution in [3.8, 4) is 5.75 Å². The lowest BCUT2D eigenvalue weighted by Gasteiger charge is -2.35. The third-order valence-corrected chi connectivity index (χ3v) is 6.48. The zero-order valence-electron chi connectivity index (χ0n) is 17.4. The summed E-state index contributed by atoms with van der Waals surface area (Å²) >= 11 is 18.3. The maximum absolute atomic E-state index is 13.0. The fourth-order valence-electron chi connectivity index (χ4n) is 3.74. The van der Waals surface area contributed by atoms with Gasteiger partial charge in [-0.25, -0.2) is 0 Å². The molecule has 4 nitrogen and oxygen atoms in total. The molecule has 3 aromatic carbocycles. The summed E-state index contributed by atoms with van der Waals surface area (Å²) in [4.78, 5) is 17.3. The number of carbonyl (C=O) groups is 1. The minimum Gasteiger partial charge on any atom is -0.487 e. The van der Waals surface area contributed by atoms with Crippen LogP contribution in [-0.2, 0) is 13.2 Å². The predicted octanol–water partition coefficient (Wildman–Crippen LogP) is 6.18. The molecule has 1 aliphatic heterocycles. The predicted molar refractivity (Wildman–Crippen MR) is 130 cm³/mol. The molecule has 4 rings (SSSR count). The molecule has 1 amide bonds. The monoisotopic (exact) mass is 488 g/mol. The van der Waals surface area contributed by atoms with Crippen LogP contribution in [0.25, 0.3) is 0 Å². The van der Waals surface area contributed by atoms with Crippen LogP contribution >= 0.6 is 34.8 Å². The van der Waals surface area contributed by atoms with Crippen molar-refractivity contribution in [1.29, 1.82) is 0 Å². The van der Waals surface area contributed by atoms with Crippen molar-refractivity contribution in [2.75, 3.05) is 26.2 Å². The summed E-state index contributed by atoms with van der Waals surface area (Å²) in [6.45, 7) is 4.18. The number of hydrogen-bond acceptors (Lipinski definition) is 3. The van der Waals surface area contributed by atoms with Crippen LogP contribution in [0.5, 0.6) is 5.75 Å². The second kappa shape index (κ2) is 10.6. The first-order chi connectivity index (χ1) is 15.5. The lowest BCUT2D eigenvalue weighted by Crippen LogP contribution is -2.48. The van der Waals surface area contributed by atoms with Crippen molar-refractivity contribution >= 4 is 40.7 Å². The largest absolute Gasteiger partial charge is 0.487 e. The standard InChI is InChI=1S/C25H23Cl3N2O2/c26-21-7-2-4-18(15-21)16-29-10-12-30(13-11-29)25(31)20-6-1-5-19(14-20)17-32-23-9-3-8-22(27)24(23)28/h1-9,14-15H,10-13,16-17H2. The highest BCUT2D eigenvalue weighted by Crippen LogP contribution is 2.32. The maximum atomic E-state index is 13.0. The Bertz CT molecular complexity index is 1100. The summed E-state index contributed by atoms with van der Waals surface area (Å²) in [5.41, 5.74) is 2.74. The molecule has 1 aliphatic rings. The van der Waals surface area contributed by atoms with Gasteiger partial charge in [-0.1, -0.05) is 65.1 Å². The number of hydrogen-bond donors (Lipinski definition) is 0. The van der Waals surface area contributed by atoms with Gasteiger partial charge >= 0.3 is 0 Å². The van der Waals surface area contributed by atoms with Crippen LogP contribution in [0.4, 0.5) is 0 Å². The van der Waals surface area contributed by atoms with Crippen LogP contribution in [0, 0.1) is 0 Å². The molecule has 166 valence electrons. The van der Waals surface area contributed by atoms with Gasteiger partial charge in [0.2, 0.25) is 0 Å². The Labute approximate surface area is 203 Å². The SMILES string of the molecule is O=C(c1cccc(COc2cccc(Cl)c2Cl)c1)N1CCN(Cc2cccc(Cl)c2)CC1. The van der Waals surface area contributed by atoms with Crippen LogP contribution in [0.2, 0.25) is 15.1 Å². The summed E-state index contributed by atoms with van der Waals surface area (Å²) in [5.74, 6) is 0.557. The maximum Gasteiger partial charge on any atom is 0.253 e. The van der Waals surface area contributed by atoms with E-state index >= 15 is 0 Å². The van der Waals surface area contributed by atoms with E-state index in [4.69, 9.17) is 39.5 Å². The minimum absolute atomic E-state index is 0.0371. The second-order valence-electron chi connectivity index (χ2n) is 7.74. The van der Waals surface area contributed by atoms with Gasteiger partial charge in [-0.2, -0.15) is 0 Å². The molecule has 0 radical (unpaired) electrons. The number of amides is 1. The second-order valence-corrected chi connectivity index (χ2v) is 8.96. The van der Waals surface area contributed by atoms with E-state index in [-0.39, 0.29) is 5.91 Å². The molecule has 0 saturated carbocycles. The molecule has 32 heavy (non-hydrogen) atoms. The van der Waals surface area contributed by atoms with E-state index in [1.165, 1.54) is 5.56 Å². The average molecular weight is 490 g/mol. The zero-order chi connectivity index (χ0) is 22.5. The van der Waals surface area contributed by atoms with Gasteiger partial charge in [-0.15, -0.1) is 0 Å². The first-order valence-corrected chi connectivity index (χ1v) is 11.5. The first kappa shape index (κ1) is 22.9. The van der Waals surface area contributed by atoms with Crippen molar-refractivity contribution in [1.82, 2.24) is 9.80 Å². The van der Waals surface area contributed by atoms with E-state index in [0.29, 0.717) is 41.1 Å². The Morgan fingerprint density at radius 2 is 1.56 bits per heavy atom. The van der Waals surface area contributed by atoms with Crippen molar-refractivity contribution in [2.24, 2.45) is 0 Å². The highest BCUT2D eigenvalue weighted by atomic mass is 35.5. The van der Waals surface area contributed by atoms with Gasteiger partial charge in [0.25, 0.3) is 5.91 Å². The molecular weight excluding hydrogens is 467 g/mol. The molecule has 0 spiro atoms. The van der Waals surface area contributed by atoms with Gasteiger partial charge in [0.15, 0.2) is 0 Å². The normalized spacial score (nSPS) is 14.4. The van der Waals surface area contributed by atoms with Crippen molar-refractivity contribution in [3.63, 3.8) is 0 Å². The third kappa shape index (κ3) is 5.76. The highest BCUT2D eigenvalue weighted by Gasteiger charge is 2.22. The summed E-state index contributed by atoms with van der Waals surface area (Å²) in [6.07, 6.45) is 0. The van der Waals surface area contributed by atoms with E-state index in [1.807, 2.05) is 47.4 Å². The minimum atomic E-state index is 0.0371. The molecule has 0 unspecified atom stereocenters. The average Bonchev–Trinajstić information content (AvgIpc) is 2.80. The van der Waals surface area contributed by atoms with Gasteiger partial charge in [0, 0.05) is 43.3 Å². The summed E-state index contributed by atoms with van der Waals surface area (Å²) in [7, 11) is 0. The van der Waals surface area contributed by atoms with Crippen molar-refractivity contribution < 1.29 is 9.53 Å². The Hall–Kier alpha value is -2.24. The Morgan fingerprint density at radius 3 is 2.34 bits per heavy atom. The van der Waals surface area contributed by atoms with Crippen molar-refractivity contribution in [3.05, 3.63) is 98.5 Å². The molecule has 1 heterocycles.